The van der Waals surface area contributed by atoms with Crippen LogP contribution in [0.1, 0.15) is 47.0 Å². The summed E-state index contributed by atoms with van der Waals surface area (Å²) in [5.74, 6) is -3.37. The van der Waals surface area contributed by atoms with Gasteiger partial charge in [-0.25, -0.2) is 9.59 Å². The predicted octanol–water partition coefficient (Wildman–Crippen LogP) is 1.25. The molecular weight excluding hydrogens is 320 g/mol. The molecule has 24 heavy (non-hydrogen) atoms. The van der Waals surface area contributed by atoms with Gasteiger partial charge in [0.2, 0.25) is 11.9 Å². The topological polar surface area (TPSA) is 89.5 Å². The molecule has 4 atom stereocenters. The maximum absolute atomic E-state index is 12.6. The summed E-state index contributed by atoms with van der Waals surface area (Å²) in [6.45, 7) is 7.11. The van der Waals surface area contributed by atoms with E-state index in [1.165, 1.54) is 7.11 Å². The molecule has 3 rings (SSSR count). The van der Waals surface area contributed by atoms with Crippen molar-refractivity contribution in [3.05, 3.63) is 0 Å². The number of hydrogen-bond acceptors (Lipinski definition) is 8. The van der Waals surface area contributed by atoms with Crippen LogP contribution in [0.25, 0.3) is 0 Å². The zero-order chi connectivity index (χ0) is 17.8. The van der Waals surface area contributed by atoms with E-state index in [1.54, 1.807) is 13.8 Å². The Labute approximate surface area is 140 Å². The van der Waals surface area contributed by atoms with E-state index >= 15 is 0 Å². The maximum Gasteiger partial charge on any atom is 0.341 e. The lowest BCUT2D eigenvalue weighted by atomic mass is 9.90. The van der Waals surface area contributed by atoms with Crippen molar-refractivity contribution >= 4 is 11.9 Å². The van der Waals surface area contributed by atoms with Crippen molar-refractivity contribution in [3.8, 4) is 0 Å². The van der Waals surface area contributed by atoms with Gasteiger partial charge in [0.25, 0.3) is 0 Å². The second-order valence-corrected chi connectivity index (χ2v) is 6.78. The van der Waals surface area contributed by atoms with Gasteiger partial charge in [-0.2, -0.15) is 0 Å². The number of rotatable bonds is 3. The molecule has 0 unspecified atom stereocenters. The Bertz CT molecular complexity index is 540. The Kier molecular flexibility index (Phi) is 4.15. The van der Waals surface area contributed by atoms with E-state index in [2.05, 4.69) is 0 Å². The molecule has 0 N–H and O–H groups in total. The van der Waals surface area contributed by atoms with E-state index in [-0.39, 0.29) is 6.42 Å². The largest absolute Gasteiger partial charge is 0.467 e. The highest BCUT2D eigenvalue weighted by molar-refractivity contribution is 5.90. The van der Waals surface area contributed by atoms with E-state index in [1.807, 2.05) is 13.8 Å². The van der Waals surface area contributed by atoms with Gasteiger partial charge >= 0.3 is 11.9 Å². The Morgan fingerprint density at radius 3 is 2.46 bits per heavy atom. The normalized spacial score (nSPS) is 39.5. The molecule has 8 heteroatoms. The van der Waals surface area contributed by atoms with Crippen LogP contribution in [0.5, 0.6) is 0 Å². The van der Waals surface area contributed by atoms with E-state index < -0.39 is 47.6 Å². The van der Waals surface area contributed by atoms with E-state index in [0.29, 0.717) is 12.8 Å². The van der Waals surface area contributed by atoms with Gasteiger partial charge in [-0.3, -0.25) is 0 Å². The molecule has 0 radical (unpaired) electrons. The third kappa shape index (κ3) is 2.52. The fraction of sp³-hybridized carbons (Fsp3) is 0.875. The second kappa shape index (κ2) is 5.66. The first-order chi connectivity index (χ1) is 11.2. The van der Waals surface area contributed by atoms with Crippen molar-refractivity contribution in [1.82, 2.24) is 0 Å². The molecule has 0 bridgehead atoms. The second-order valence-electron chi connectivity index (χ2n) is 6.78. The third-order valence-electron chi connectivity index (χ3n) is 4.81. The highest BCUT2D eigenvalue weighted by Gasteiger charge is 2.68. The molecule has 0 saturated carbocycles. The summed E-state index contributed by atoms with van der Waals surface area (Å²) in [7, 11) is 1.24. The lowest BCUT2D eigenvalue weighted by Gasteiger charge is -2.30. The van der Waals surface area contributed by atoms with Gasteiger partial charge in [0, 0.05) is 6.42 Å². The zero-order valence-corrected chi connectivity index (χ0v) is 14.6. The van der Waals surface area contributed by atoms with Crippen LogP contribution in [0.15, 0.2) is 0 Å². The van der Waals surface area contributed by atoms with Crippen molar-refractivity contribution in [1.29, 1.82) is 0 Å². The Hall–Kier alpha value is -1.22. The van der Waals surface area contributed by atoms with Crippen LogP contribution in [0.4, 0.5) is 0 Å². The predicted molar refractivity (Wildman–Crippen MR) is 78.6 cm³/mol. The molecule has 0 aromatic carbocycles. The first-order valence-corrected chi connectivity index (χ1v) is 8.23. The number of ether oxygens (including phenoxy) is 6. The highest BCUT2D eigenvalue weighted by atomic mass is 16.8. The van der Waals surface area contributed by atoms with E-state index in [4.69, 9.17) is 28.4 Å². The molecule has 0 aromatic rings. The summed E-state index contributed by atoms with van der Waals surface area (Å²) < 4.78 is 33.7. The molecule has 3 saturated heterocycles. The van der Waals surface area contributed by atoms with Gasteiger partial charge in [-0.15, -0.1) is 0 Å². The van der Waals surface area contributed by atoms with Crippen LogP contribution in [0, 0.1) is 0 Å². The minimum Gasteiger partial charge on any atom is -0.467 e. The quantitative estimate of drug-likeness (QED) is 0.707. The summed E-state index contributed by atoms with van der Waals surface area (Å²) in [5.41, 5.74) is -1.62. The van der Waals surface area contributed by atoms with Crippen molar-refractivity contribution < 1.29 is 38.0 Å². The van der Waals surface area contributed by atoms with Crippen LogP contribution < -0.4 is 0 Å². The summed E-state index contributed by atoms with van der Waals surface area (Å²) in [6.07, 6.45) is -1.55. The van der Waals surface area contributed by atoms with E-state index in [0.717, 1.165) is 0 Å². The minimum atomic E-state index is -1.62. The number of carbonyl (C=O) groups excluding carboxylic acids is 2. The summed E-state index contributed by atoms with van der Waals surface area (Å²) >= 11 is 0. The van der Waals surface area contributed by atoms with Gasteiger partial charge in [0.05, 0.1) is 7.11 Å². The molecule has 3 aliphatic heterocycles. The fourth-order valence-electron chi connectivity index (χ4n) is 3.63. The molecule has 3 aliphatic rings. The molecule has 8 nitrogen and oxygen atoms in total. The van der Waals surface area contributed by atoms with Crippen LogP contribution in [0.3, 0.4) is 0 Å². The molecule has 0 amide bonds. The molecule has 0 aromatic heterocycles. The molecule has 3 heterocycles. The van der Waals surface area contributed by atoms with Gasteiger partial charge in [0.15, 0.2) is 17.7 Å². The van der Waals surface area contributed by atoms with Crippen molar-refractivity contribution in [2.75, 3.05) is 7.11 Å². The fourth-order valence-corrected chi connectivity index (χ4v) is 3.63. The summed E-state index contributed by atoms with van der Waals surface area (Å²) in [5, 5.41) is 0. The molecule has 0 spiro atoms. The number of hydrogen-bond donors (Lipinski definition) is 0. The average molecular weight is 344 g/mol. The van der Waals surface area contributed by atoms with Gasteiger partial charge in [-0.1, -0.05) is 13.8 Å². The standard InChI is InChI=1S/C16H24O8/c1-6-15(7-2)21-9-8-16(13(18)19-5)10(22-14(3,4)24-16)11(17)20-12(9)23-15/h9-10,12H,6-8H2,1-5H3/t9-,10+,12-,16-/m1/s1. The van der Waals surface area contributed by atoms with Crippen LogP contribution in [-0.4, -0.2) is 54.7 Å². The molecule has 0 aliphatic carbocycles. The average Bonchev–Trinajstić information content (AvgIpc) is 2.99. The van der Waals surface area contributed by atoms with Gasteiger partial charge < -0.3 is 28.4 Å². The van der Waals surface area contributed by atoms with Crippen LogP contribution >= 0.6 is 0 Å². The zero-order valence-electron chi connectivity index (χ0n) is 14.6. The minimum absolute atomic E-state index is 0.0475. The Morgan fingerprint density at radius 1 is 1.21 bits per heavy atom. The number of esters is 2. The molecule has 136 valence electrons. The summed E-state index contributed by atoms with van der Waals surface area (Å²) in [4.78, 5) is 25.1. The first-order valence-electron chi connectivity index (χ1n) is 8.23. The van der Waals surface area contributed by atoms with Crippen LogP contribution in [-0.2, 0) is 38.0 Å². The molecule has 3 fully saturated rings. The first kappa shape index (κ1) is 17.6. The highest BCUT2D eigenvalue weighted by Crippen LogP contribution is 2.47. The Balaban J connectivity index is 1.98. The van der Waals surface area contributed by atoms with Gasteiger partial charge in [0.1, 0.15) is 6.10 Å². The third-order valence-corrected chi connectivity index (χ3v) is 4.81. The lowest BCUT2D eigenvalue weighted by molar-refractivity contribution is -0.222. The van der Waals surface area contributed by atoms with Gasteiger partial charge in [-0.05, 0) is 26.7 Å². The number of fused-ring (bicyclic) bond motifs is 2. The number of carbonyl (C=O) groups is 2. The maximum atomic E-state index is 12.6. The smallest absolute Gasteiger partial charge is 0.341 e. The van der Waals surface area contributed by atoms with Crippen molar-refractivity contribution in [2.24, 2.45) is 0 Å². The van der Waals surface area contributed by atoms with Crippen molar-refractivity contribution in [3.63, 3.8) is 0 Å². The lowest BCUT2D eigenvalue weighted by Crippen LogP contribution is -2.53. The SMILES string of the molecule is CCC1(CC)O[C@H]2OC(=O)[C@@H]3OC(C)(C)O[C@]3(C(=O)OC)C[C@H]2O1. The summed E-state index contributed by atoms with van der Waals surface area (Å²) in [6, 6.07) is 0. The van der Waals surface area contributed by atoms with Crippen LogP contribution in [0.2, 0.25) is 0 Å². The van der Waals surface area contributed by atoms with E-state index in [9.17, 15) is 9.59 Å². The monoisotopic (exact) mass is 344 g/mol. The van der Waals surface area contributed by atoms with Crippen molar-refractivity contribution in [2.45, 2.75) is 82.6 Å². The number of methoxy groups -OCH3 is 1. The molecular formula is C16H24O8. The Morgan fingerprint density at radius 2 is 1.88 bits per heavy atom.